The lowest BCUT2D eigenvalue weighted by Gasteiger charge is -2.24. The van der Waals surface area contributed by atoms with E-state index in [0.717, 1.165) is 45.2 Å². The number of ether oxygens (including phenoxy) is 2. The fourth-order valence-corrected chi connectivity index (χ4v) is 3.97. The Morgan fingerprint density at radius 2 is 1.76 bits per heavy atom. The highest BCUT2D eigenvalue weighted by Crippen LogP contribution is 2.31. The minimum atomic E-state index is -0.529. The summed E-state index contributed by atoms with van der Waals surface area (Å²) in [6.45, 7) is 5.71. The Morgan fingerprint density at radius 3 is 2.52 bits per heavy atom. The first kappa shape index (κ1) is 21.6. The molecule has 1 aromatic carbocycles. The Morgan fingerprint density at radius 1 is 1.03 bits per heavy atom. The van der Waals surface area contributed by atoms with E-state index in [4.69, 9.17) is 9.47 Å². The van der Waals surface area contributed by atoms with Crippen LogP contribution in [0.25, 0.3) is 0 Å². The first-order valence-electron chi connectivity index (χ1n) is 11.1. The summed E-state index contributed by atoms with van der Waals surface area (Å²) in [7, 11) is 0. The van der Waals surface area contributed by atoms with E-state index in [9.17, 15) is 9.59 Å². The first-order chi connectivity index (χ1) is 14.2. The fourth-order valence-electron chi connectivity index (χ4n) is 3.97. The number of nitrogens with zero attached hydrogens (tertiary/aromatic N) is 1. The van der Waals surface area contributed by atoms with Crippen LogP contribution in [0, 0.1) is 0 Å². The largest absolute Gasteiger partial charge is 0.486 e. The first-order valence-corrected chi connectivity index (χ1v) is 11.1. The molecule has 0 radical (unpaired) electrons. The Hall–Kier alpha value is -2.08. The van der Waals surface area contributed by atoms with Crippen LogP contribution < -0.4 is 14.8 Å². The van der Waals surface area contributed by atoms with Gasteiger partial charge in [0, 0.05) is 18.5 Å². The highest BCUT2D eigenvalue weighted by Gasteiger charge is 2.27. The molecule has 1 fully saturated rings. The molecule has 0 aromatic heterocycles. The third-order valence-electron chi connectivity index (χ3n) is 5.63. The molecular weight excluding hydrogens is 368 g/mol. The average molecular weight is 403 g/mol. The van der Waals surface area contributed by atoms with Crippen molar-refractivity contribution in [2.75, 3.05) is 32.8 Å². The number of likely N-dealkylation sites (tertiary alicyclic amines) is 1. The van der Waals surface area contributed by atoms with E-state index in [2.05, 4.69) is 17.1 Å². The Bertz CT molecular complexity index is 685. The van der Waals surface area contributed by atoms with Gasteiger partial charge in [-0.2, -0.15) is 0 Å². The summed E-state index contributed by atoms with van der Waals surface area (Å²) in [4.78, 5) is 28.0. The number of benzene rings is 1. The monoisotopic (exact) mass is 402 g/mol. The van der Waals surface area contributed by atoms with Crippen molar-refractivity contribution in [3.63, 3.8) is 0 Å². The molecule has 1 saturated heterocycles. The van der Waals surface area contributed by atoms with Crippen LogP contribution in [0.1, 0.15) is 68.6 Å². The summed E-state index contributed by atoms with van der Waals surface area (Å²) in [5.41, 5.74) is 0.557. The number of unbranched alkanes of at least 4 members (excludes halogenated alkanes) is 4. The van der Waals surface area contributed by atoms with Crippen molar-refractivity contribution in [3.05, 3.63) is 23.8 Å². The number of Topliss-reactive ketones (excluding diaryl/α,β-unsaturated/α-hetero) is 1. The van der Waals surface area contributed by atoms with Gasteiger partial charge in [-0.05, 0) is 50.6 Å². The summed E-state index contributed by atoms with van der Waals surface area (Å²) < 4.78 is 11.2. The highest BCUT2D eigenvalue weighted by molar-refractivity contribution is 6.02. The molecule has 6 heteroatoms. The standard InChI is InChI=1S/C23H34N2O4/c1-2-3-4-5-6-9-22(26)24-19(17-25-12-7-8-13-25)23(27)18-10-11-20-21(16-18)29-15-14-28-20/h10-11,16,19H,2-9,12-15,17H2,1H3,(H,24,26)/t19-/m1/s1. The van der Waals surface area contributed by atoms with Crippen LogP contribution in [0.4, 0.5) is 0 Å². The SMILES string of the molecule is CCCCCCCC(=O)N[C@H](CN1CCCC1)C(=O)c1ccc2c(c1)OCCO2. The Balaban J connectivity index is 1.62. The number of hydrogen-bond donors (Lipinski definition) is 1. The maximum Gasteiger partial charge on any atom is 0.220 e. The van der Waals surface area contributed by atoms with Gasteiger partial charge in [-0.15, -0.1) is 0 Å². The van der Waals surface area contributed by atoms with Crippen molar-refractivity contribution in [1.29, 1.82) is 0 Å². The average Bonchev–Trinajstić information content (AvgIpc) is 3.25. The maximum absolute atomic E-state index is 13.2. The second-order valence-electron chi connectivity index (χ2n) is 8.01. The molecule has 29 heavy (non-hydrogen) atoms. The van der Waals surface area contributed by atoms with Crippen LogP contribution in [0.2, 0.25) is 0 Å². The van der Waals surface area contributed by atoms with Gasteiger partial charge in [-0.1, -0.05) is 32.6 Å². The fraction of sp³-hybridized carbons (Fsp3) is 0.652. The summed E-state index contributed by atoms with van der Waals surface area (Å²) in [5, 5.41) is 3.01. The van der Waals surface area contributed by atoms with Gasteiger partial charge >= 0.3 is 0 Å². The van der Waals surface area contributed by atoms with Gasteiger partial charge in [0.15, 0.2) is 17.3 Å². The minimum absolute atomic E-state index is 0.0309. The number of carbonyl (C=O) groups is 2. The number of amides is 1. The number of ketones is 1. The van der Waals surface area contributed by atoms with Crippen molar-refractivity contribution in [3.8, 4) is 11.5 Å². The zero-order valence-electron chi connectivity index (χ0n) is 17.6. The summed E-state index contributed by atoms with van der Waals surface area (Å²) in [5.74, 6) is 1.18. The van der Waals surface area contributed by atoms with Crippen molar-refractivity contribution in [2.24, 2.45) is 0 Å². The number of nitrogens with one attached hydrogen (secondary N) is 1. The van der Waals surface area contributed by atoms with Crippen LogP contribution in [0.5, 0.6) is 11.5 Å². The highest BCUT2D eigenvalue weighted by atomic mass is 16.6. The van der Waals surface area contributed by atoms with Crippen molar-refractivity contribution < 1.29 is 19.1 Å². The molecule has 2 aliphatic heterocycles. The van der Waals surface area contributed by atoms with Crippen LogP contribution >= 0.6 is 0 Å². The van der Waals surface area contributed by atoms with Crippen LogP contribution in [-0.2, 0) is 4.79 Å². The van der Waals surface area contributed by atoms with E-state index in [1.807, 2.05) is 0 Å². The van der Waals surface area contributed by atoms with Crippen LogP contribution in [0.3, 0.4) is 0 Å². The second-order valence-corrected chi connectivity index (χ2v) is 8.01. The molecule has 0 aliphatic carbocycles. The van der Waals surface area contributed by atoms with Crippen molar-refractivity contribution >= 4 is 11.7 Å². The Kier molecular flexibility index (Phi) is 8.35. The molecule has 0 saturated carbocycles. The van der Waals surface area contributed by atoms with E-state index < -0.39 is 6.04 Å². The lowest BCUT2D eigenvalue weighted by Crippen LogP contribution is -2.48. The van der Waals surface area contributed by atoms with Gasteiger partial charge in [-0.3, -0.25) is 9.59 Å². The summed E-state index contributed by atoms with van der Waals surface area (Å²) in [6, 6.07) is 4.76. The molecule has 1 atom stereocenters. The van der Waals surface area contributed by atoms with Gasteiger partial charge in [0.25, 0.3) is 0 Å². The minimum Gasteiger partial charge on any atom is -0.486 e. The van der Waals surface area contributed by atoms with Crippen molar-refractivity contribution in [1.82, 2.24) is 10.2 Å². The van der Waals surface area contributed by atoms with E-state index in [1.165, 1.54) is 12.8 Å². The number of hydrogen-bond acceptors (Lipinski definition) is 5. The van der Waals surface area contributed by atoms with Gasteiger partial charge in [0.1, 0.15) is 19.3 Å². The lowest BCUT2D eigenvalue weighted by molar-refractivity contribution is -0.121. The molecule has 6 nitrogen and oxygen atoms in total. The van der Waals surface area contributed by atoms with Gasteiger partial charge in [0.05, 0.1) is 0 Å². The molecule has 0 unspecified atom stereocenters. The molecule has 160 valence electrons. The van der Waals surface area contributed by atoms with Crippen LogP contribution in [0.15, 0.2) is 18.2 Å². The van der Waals surface area contributed by atoms with E-state index in [-0.39, 0.29) is 11.7 Å². The molecule has 0 bridgehead atoms. The third kappa shape index (κ3) is 6.46. The van der Waals surface area contributed by atoms with Crippen LogP contribution in [-0.4, -0.2) is 55.5 Å². The third-order valence-corrected chi connectivity index (χ3v) is 5.63. The van der Waals surface area contributed by atoms with Gasteiger partial charge in [0.2, 0.25) is 5.91 Å². The second kappa shape index (κ2) is 11.2. The molecule has 1 aromatic rings. The molecule has 1 amide bonds. The van der Waals surface area contributed by atoms with E-state index in [1.54, 1.807) is 18.2 Å². The molecule has 3 rings (SSSR count). The normalized spacial score (nSPS) is 17.1. The summed E-state index contributed by atoms with van der Waals surface area (Å²) >= 11 is 0. The van der Waals surface area contributed by atoms with E-state index in [0.29, 0.717) is 43.2 Å². The number of carbonyl (C=O) groups excluding carboxylic acids is 2. The lowest BCUT2D eigenvalue weighted by atomic mass is 10.0. The molecule has 2 aliphatic rings. The van der Waals surface area contributed by atoms with Crippen molar-refractivity contribution in [2.45, 2.75) is 64.3 Å². The smallest absolute Gasteiger partial charge is 0.220 e. The van der Waals surface area contributed by atoms with Gasteiger partial charge in [-0.25, -0.2) is 0 Å². The maximum atomic E-state index is 13.2. The predicted octanol–water partition coefficient (Wildman–Crippen LogP) is 3.58. The summed E-state index contributed by atoms with van der Waals surface area (Å²) in [6.07, 6.45) is 8.28. The number of rotatable bonds is 11. The van der Waals surface area contributed by atoms with E-state index >= 15 is 0 Å². The topological polar surface area (TPSA) is 67.9 Å². The zero-order chi connectivity index (χ0) is 20.5. The molecular formula is C23H34N2O4. The van der Waals surface area contributed by atoms with Gasteiger partial charge < -0.3 is 19.7 Å². The molecule has 2 heterocycles. The molecule has 1 N–H and O–H groups in total. The Labute approximate surface area is 173 Å². The number of fused-ring (bicyclic) bond motifs is 1. The molecule has 0 spiro atoms. The zero-order valence-corrected chi connectivity index (χ0v) is 17.6. The quantitative estimate of drug-likeness (QED) is 0.453. The predicted molar refractivity (Wildman–Crippen MR) is 113 cm³/mol.